The molecule has 0 spiro atoms. The smallest absolute Gasteiger partial charge is 0.310 e. The van der Waals surface area contributed by atoms with E-state index in [0.717, 1.165) is 19.6 Å². The van der Waals surface area contributed by atoms with Gasteiger partial charge in [0.25, 0.3) is 0 Å². The number of benzene rings is 1. The molecule has 0 aliphatic heterocycles. The van der Waals surface area contributed by atoms with Gasteiger partial charge in [-0.1, -0.05) is 89.6 Å². The van der Waals surface area contributed by atoms with E-state index in [4.69, 9.17) is 0 Å². The van der Waals surface area contributed by atoms with Crippen molar-refractivity contribution in [2.24, 2.45) is 0 Å². The van der Waals surface area contributed by atoms with Gasteiger partial charge in [0, 0.05) is 0 Å². The second-order valence-corrected chi connectivity index (χ2v) is 10.2. The van der Waals surface area contributed by atoms with Crippen LogP contribution in [0, 0.1) is 0 Å². The topological polar surface area (TPSA) is 36.1 Å². The van der Waals surface area contributed by atoms with Crippen molar-refractivity contribution in [1.82, 2.24) is 14.9 Å². The molecule has 0 fully saturated rings. The third kappa shape index (κ3) is 9.00. The summed E-state index contributed by atoms with van der Waals surface area (Å²) in [5.41, 5.74) is 0. The summed E-state index contributed by atoms with van der Waals surface area (Å²) in [6.45, 7) is 10.1. The normalized spacial score (nSPS) is 11.8. The lowest BCUT2D eigenvalue weighted by Crippen LogP contribution is -2.79. The van der Waals surface area contributed by atoms with E-state index >= 15 is 0 Å². The predicted octanol–water partition coefficient (Wildman–Crippen LogP) is 4.17. The van der Waals surface area contributed by atoms with E-state index in [1.807, 2.05) is 0 Å². The third-order valence-corrected chi connectivity index (χ3v) is 8.26. The largest absolute Gasteiger partial charge is 0.315 e. The SMILES string of the molecule is CCCCCN[Si](NCCCCC)(NCCCCC)c1ccccc1. The number of unbranched alkanes of at least 4 members (excludes halogenated alkanes) is 6. The molecule has 4 heteroatoms. The van der Waals surface area contributed by atoms with Crippen LogP contribution in [0.4, 0.5) is 0 Å². The van der Waals surface area contributed by atoms with Gasteiger partial charge in [0.2, 0.25) is 0 Å². The molecular weight excluding hydrogens is 322 g/mol. The summed E-state index contributed by atoms with van der Waals surface area (Å²) in [6.07, 6.45) is 11.5. The molecule has 0 aromatic heterocycles. The van der Waals surface area contributed by atoms with E-state index in [1.54, 1.807) is 0 Å². The maximum absolute atomic E-state index is 3.95. The van der Waals surface area contributed by atoms with Crippen molar-refractivity contribution < 1.29 is 0 Å². The Bertz CT molecular complexity index is 380. The van der Waals surface area contributed by atoms with Crippen LogP contribution in [0.2, 0.25) is 0 Å². The van der Waals surface area contributed by atoms with E-state index in [1.165, 1.54) is 63.0 Å². The van der Waals surface area contributed by atoms with Gasteiger partial charge in [0.15, 0.2) is 0 Å². The van der Waals surface area contributed by atoms with E-state index in [2.05, 4.69) is 66.1 Å². The van der Waals surface area contributed by atoms with E-state index in [-0.39, 0.29) is 0 Å². The molecule has 3 nitrogen and oxygen atoms in total. The molecule has 3 N–H and O–H groups in total. The summed E-state index contributed by atoms with van der Waals surface area (Å²) in [7, 11) is -2.07. The van der Waals surface area contributed by atoms with Crippen LogP contribution in [0.1, 0.15) is 78.6 Å². The van der Waals surface area contributed by atoms with Crippen LogP contribution in [0.15, 0.2) is 30.3 Å². The molecule has 1 aromatic rings. The lowest BCUT2D eigenvalue weighted by Gasteiger charge is -2.34. The molecular formula is C21H41N3Si. The molecule has 0 saturated heterocycles. The lowest BCUT2D eigenvalue weighted by atomic mass is 10.3. The predicted molar refractivity (Wildman–Crippen MR) is 114 cm³/mol. The number of hydrogen-bond donors (Lipinski definition) is 3. The maximum Gasteiger partial charge on any atom is 0.315 e. The molecule has 0 bridgehead atoms. The zero-order chi connectivity index (χ0) is 18.2. The van der Waals surface area contributed by atoms with Gasteiger partial charge in [0.1, 0.15) is 0 Å². The van der Waals surface area contributed by atoms with Crippen molar-refractivity contribution in [3.63, 3.8) is 0 Å². The lowest BCUT2D eigenvalue weighted by molar-refractivity contribution is 0.634. The van der Waals surface area contributed by atoms with Crippen LogP contribution in [0.25, 0.3) is 0 Å². The quantitative estimate of drug-likeness (QED) is 0.305. The van der Waals surface area contributed by atoms with E-state index in [9.17, 15) is 0 Å². The summed E-state index contributed by atoms with van der Waals surface area (Å²) in [4.78, 5) is 11.9. The van der Waals surface area contributed by atoms with Gasteiger partial charge < -0.3 is 14.9 Å². The zero-order valence-electron chi connectivity index (χ0n) is 16.9. The molecule has 0 saturated carbocycles. The minimum absolute atomic E-state index is 1.09. The molecule has 0 aliphatic carbocycles. The van der Waals surface area contributed by atoms with Crippen LogP contribution in [0.3, 0.4) is 0 Å². The first-order chi connectivity index (χ1) is 12.3. The number of hydrogen-bond acceptors (Lipinski definition) is 3. The van der Waals surface area contributed by atoms with Gasteiger partial charge in [-0.05, 0) is 44.1 Å². The molecule has 1 rings (SSSR count). The average molecular weight is 364 g/mol. The Morgan fingerprint density at radius 3 is 1.36 bits per heavy atom. The van der Waals surface area contributed by atoms with Crippen molar-refractivity contribution in [3.05, 3.63) is 30.3 Å². The minimum Gasteiger partial charge on any atom is -0.310 e. The van der Waals surface area contributed by atoms with Gasteiger partial charge in [-0.15, -0.1) is 0 Å². The Labute approximate surface area is 157 Å². The minimum atomic E-state index is -2.07. The van der Waals surface area contributed by atoms with E-state index < -0.39 is 8.56 Å². The second kappa shape index (κ2) is 14.5. The van der Waals surface area contributed by atoms with Crippen molar-refractivity contribution in [2.45, 2.75) is 78.6 Å². The first-order valence-electron chi connectivity index (χ1n) is 10.6. The molecule has 25 heavy (non-hydrogen) atoms. The maximum atomic E-state index is 3.95. The summed E-state index contributed by atoms with van der Waals surface area (Å²) < 4.78 is 0. The van der Waals surface area contributed by atoms with Crippen molar-refractivity contribution in [3.8, 4) is 0 Å². The standard InChI is InChI=1S/C21H41N3Si/c1-4-7-13-18-22-25(23-19-14-8-5-2,24-20-15-9-6-3)21-16-11-10-12-17-21/h10-12,16-17,22-24H,4-9,13-15,18-20H2,1-3H3. The van der Waals surface area contributed by atoms with Crippen LogP contribution in [-0.4, -0.2) is 28.2 Å². The fourth-order valence-corrected chi connectivity index (χ4v) is 6.47. The average Bonchev–Trinajstić information content (AvgIpc) is 2.66. The Morgan fingerprint density at radius 1 is 0.600 bits per heavy atom. The van der Waals surface area contributed by atoms with Crippen LogP contribution < -0.4 is 20.1 Å². The molecule has 0 atom stereocenters. The summed E-state index contributed by atoms with van der Waals surface area (Å²) in [5, 5.41) is 1.43. The highest BCUT2D eigenvalue weighted by molar-refractivity contribution is 6.85. The summed E-state index contributed by atoms with van der Waals surface area (Å²) in [6, 6.07) is 11.0. The van der Waals surface area contributed by atoms with Gasteiger partial charge in [-0.2, -0.15) is 0 Å². The number of nitrogens with one attached hydrogen (secondary N) is 3. The fourth-order valence-electron chi connectivity index (χ4n) is 3.13. The third-order valence-electron chi connectivity index (χ3n) is 4.72. The molecule has 0 amide bonds. The molecule has 1 aromatic carbocycles. The monoisotopic (exact) mass is 363 g/mol. The number of rotatable bonds is 16. The van der Waals surface area contributed by atoms with Crippen LogP contribution in [0.5, 0.6) is 0 Å². The Morgan fingerprint density at radius 2 is 1.00 bits per heavy atom. The van der Waals surface area contributed by atoms with Crippen LogP contribution in [-0.2, 0) is 0 Å². The highest BCUT2D eigenvalue weighted by Gasteiger charge is 2.35. The molecule has 144 valence electrons. The van der Waals surface area contributed by atoms with Gasteiger partial charge >= 0.3 is 8.56 Å². The van der Waals surface area contributed by atoms with Gasteiger partial charge in [-0.25, -0.2) is 0 Å². The van der Waals surface area contributed by atoms with Crippen molar-refractivity contribution in [1.29, 1.82) is 0 Å². The summed E-state index contributed by atoms with van der Waals surface area (Å²) in [5.74, 6) is 0. The Balaban J connectivity index is 2.82. The van der Waals surface area contributed by atoms with Crippen molar-refractivity contribution in [2.75, 3.05) is 19.6 Å². The Kier molecular flexibility index (Phi) is 13.0. The van der Waals surface area contributed by atoms with Crippen molar-refractivity contribution >= 4 is 13.7 Å². The van der Waals surface area contributed by atoms with Crippen LogP contribution >= 0.6 is 0 Å². The van der Waals surface area contributed by atoms with E-state index in [0.29, 0.717) is 0 Å². The fraction of sp³-hybridized carbons (Fsp3) is 0.714. The summed E-state index contributed by atoms with van der Waals surface area (Å²) >= 11 is 0. The molecule has 0 heterocycles. The first-order valence-corrected chi connectivity index (χ1v) is 12.6. The molecule has 0 aliphatic rings. The Hall–Kier alpha value is -0.683. The zero-order valence-corrected chi connectivity index (χ0v) is 17.9. The molecule has 0 radical (unpaired) electrons. The highest BCUT2D eigenvalue weighted by Crippen LogP contribution is 2.01. The van der Waals surface area contributed by atoms with Gasteiger partial charge in [0.05, 0.1) is 0 Å². The molecule has 0 unspecified atom stereocenters. The first kappa shape index (κ1) is 22.4. The highest BCUT2D eigenvalue weighted by atomic mass is 28.4. The van der Waals surface area contributed by atoms with Gasteiger partial charge in [-0.3, -0.25) is 0 Å². The second-order valence-electron chi connectivity index (χ2n) is 7.02.